The summed E-state index contributed by atoms with van der Waals surface area (Å²) >= 11 is 0. The Morgan fingerprint density at radius 1 is 1.12 bits per heavy atom. The molecule has 1 aromatic carbocycles. The molecule has 2 aliphatic rings. The second-order valence-corrected chi connectivity index (χ2v) is 6.06. The van der Waals surface area contributed by atoms with Gasteiger partial charge in [-0.25, -0.2) is 0 Å². The fourth-order valence-electron chi connectivity index (χ4n) is 2.88. The Morgan fingerprint density at radius 3 is 2.41 bits per heavy atom. The van der Waals surface area contributed by atoms with Crippen LogP contribution in [-0.2, 0) is 6.42 Å². The summed E-state index contributed by atoms with van der Waals surface area (Å²) in [7, 11) is 4.33. The first-order valence-electron chi connectivity index (χ1n) is 7.04. The van der Waals surface area contributed by atoms with Gasteiger partial charge in [-0.1, -0.05) is 31.4 Å². The van der Waals surface area contributed by atoms with Crippen molar-refractivity contribution in [1.29, 1.82) is 0 Å². The zero-order valence-corrected chi connectivity index (χ0v) is 11.1. The summed E-state index contributed by atoms with van der Waals surface area (Å²) < 4.78 is 0. The number of benzene rings is 1. The Kier molecular flexibility index (Phi) is 2.85. The molecule has 0 heterocycles. The molecule has 2 aliphatic carbocycles. The Morgan fingerprint density at radius 2 is 1.88 bits per heavy atom. The van der Waals surface area contributed by atoms with E-state index >= 15 is 0 Å². The minimum absolute atomic E-state index is 0.881. The van der Waals surface area contributed by atoms with Gasteiger partial charge in [0.25, 0.3) is 0 Å². The molecule has 0 atom stereocenters. The highest BCUT2D eigenvalue weighted by Gasteiger charge is 2.25. The SMILES string of the molecule is CN(C)c1ccc(C2CC2)cc1CC1CCC1. The molecule has 0 aliphatic heterocycles. The van der Waals surface area contributed by atoms with Crippen molar-refractivity contribution in [3.8, 4) is 0 Å². The number of rotatable bonds is 4. The first-order chi connectivity index (χ1) is 8.24. The lowest BCUT2D eigenvalue weighted by molar-refractivity contribution is 0.314. The van der Waals surface area contributed by atoms with E-state index in [4.69, 9.17) is 0 Å². The monoisotopic (exact) mass is 229 g/mol. The molecule has 2 fully saturated rings. The van der Waals surface area contributed by atoms with Gasteiger partial charge in [0.1, 0.15) is 0 Å². The molecule has 0 bridgehead atoms. The highest BCUT2D eigenvalue weighted by Crippen LogP contribution is 2.42. The number of hydrogen-bond donors (Lipinski definition) is 0. The fourth-order valence-corrected chi connectivity index (χ4v) is 2.88. The molecule has 1 nitrogen and oxygen atoms in total. The van der Waals surface area contributed by atoms with E-state index in [-0.39, 0.29) is 0 Å². The quantitative estimate of drug-likeness (QED) is 0.755. The zero-order valence-electron chi connectivity index (χ0n) is 11.1. The van der Waals surface area contributed by atoms with Gasteiger partial charge in [-0.3, -0.25) is 0 Å². The van der Waals surface area contributed by atoms with E-state index < -0.39 is 0 Å². The number of hydrogen-bond acceptors (Lipinski definition) is 1. The predicted octanol–water partition coefficient (Wildman–Crippen LogP) is 3.97. The van der Waals surface area contributed by atoms with Crippen molar-refractivity contribution >= 4 is 5.69 Å². The first-order valence-corrected chi connectivity index (χ1v) is 7.04. The lowest BCUT2D eigenvalue weighted by atomic mass is 9.80. The van der Waals surface area contributed by atoms with Crippen molar-refractivity contribution in [2.75, 3.05) is 19.0 Å². The maximum absolute atomic E-state index is 2.49. The van der Waals surface area contributed by atoms with Gasteiger partial charge < -0.3 is 4.90 Å². The van der Waals surface area contributed by atoms with Gasteiger partial charge in [-0.15, -0.1) is 0 Å². The summed E-state index contributed by atoms with van der Waals surface area (Å²) in [5.41, 5.74) is 4.61. The molecule has 3 rings (SSSR count). The van der Waals surface area contributed by atoms with E-state index in [1.54, 1.807) is 11.1 Å². The highest BCUT2D eigenvalue weighted by molar-refractivity contribution is 5.55. The van der Waals surface area contributed by atoms with Crippen molar-refractivity contribution < 1.29 is 0 Å². The molecule has 17 heavy (non-hydrogen) atoms. The van der Waals surface area contributed by atoms with Crippen LogP contribution in [0, 0.1) is 5.92 Å². The van der Waals surface area contributed by atoms with E-state index in [2.05, 4.69) is 37.2 Å². The summed E-state index contributed by atoms with van der Waals surface area (Å²) in [6.07, 6.45) is 8.45. The molecule has 92 valence electrons. The lowest BCUT2D eigenvalue weighted by Gasteiger charge is -2.28. The summed E-state index contributed by atoms with van der Waals surface area (Å²) in [6.45, 7) is 0. The van der Waals surface area contributed by atoms with E-state index in [0.717, 1.165) is 11.8 Å². The van der Waals surface area contributed by atoms with Crippen LogP contribution in [-0.4, -0.2) is 14.1 Å². The molecule has 1 aromatic rings. The molecule has 1 heteroatoms. The van der Waals surface area contributed by atoms with Crippen LogP contribution >= 0.6 is 0 Å². The van der Waals surface area contributed by atoms with Gasteiger partial charge in [-0.05, 0) is 48.3 Å². The van der Waals surface area contributed by atoms with Crippen LogP contribution in [0.25, 0.3) is 0 Å². The van der Waals surface area contributed by atoms with Gasteiger partial charge in [0.15, 0.2) is 0 Å². The largest absolute Gasteiger partial charge is 0.377 e. The topological polar surface area (TPSA) is 3.24 Å². The predicted molar refractivity (Wildman–Crippen MR) is 73.8 cm³/mol. The smallest absolute Gasteiger partial charge is 0.0393 e. The molecule has 2 saturated carbocycles. The van der Waals surface area contributed by atoms with E-state index in [0.29, 0.717) is 0 Å². The third-order valence-corrected chi connectivity index (χ3v) is 4.37. The van der Waals surface area contributed by atoms with Crippen LogP contribution in [0.5, 0.6) is 0 Å². The second-order valence-electron chi connectivity index (χ2n) is 6.06. The Balaban J connectivity index is 1.86. The average Bonchev–Trinajstić information content (AvgIpc) is 3.06. The zero-order chi connectivity index (χ0) is 11.8. The minimum Gasteiger partial charge on any atom is -0.377 e. The molecule has 0 aromatic heterocycles. The molecule has 0 radical (unpaired) electrons. The van der Waals surface area contributed by atoms with E-state index in [1.807, 2.05) is 0 Å². The van der Waals surface area contributed by atoms with Gasteiger partial charge >= 0.3 is 0 Å². The van der Waals surface area contributed by atoms with Crippen LogP contribution < -0.4 is 4.90 Å². The lowest BCUT2D eigenvalue weighted by Crippen LogP contribution is -2.17. The maximum atomic E-state index is 2.49. The summed E-state index contributed by atoms with van der Waals surface area (Å²) in [5, 5.41) is 0. The van der Waals surface area contributed by atoms with Crippen LogP contribution in [0.3, 0.4) is 0 Å². The van der Waals surface area contributed by atoms with Crippen molar-refractivity contribution in [3.05, 3.63) is 29.3 Å². The van der Waals surface area contributed by atoms with Crippen molar-refractivity contribution in [3.63, 3.8) is 0 Å². The maximum Gasteiger partial charge on any atom is 0.0393 e. The molecular weight excluding hydrogens is 206 g/mol. The Bertz CT molecular complexity index is 400. The van der Waals surface area contributed by atoms with Crippen LogP contribution in [0.2, 0.25) is 0 Å². The normalized spacial score (nSPS) is 20.1. The van der Waals surface area contributed by atoms with Crippen molar-refractivity contribution in [2.45, 2.75) is 44.4 Å². The molecule has 0 amide bonds. The molecule has 0 spiro atoms. The van der Waals surface area contributed by atoms with Gasteiger partial charge in [-0.2, -0.15) is 0 Å². The van der Waals surface area contributed by atoms with Crippen LogP contribution in [0.1, 0.15) is 49.1 Å². The van der Waals surface area contributed by atoms with Crippen molar-refractivity contribution in [2.24, 2.45) is 5.92 Å². The number of nitrogens with zero attached hydrogens (tertiary/aromatic N) is 1. The third-order valence-electron chi connectivity index (χ3n) is 4.37. The summed E-state index contributed by atoms with van der Waals surface area (Å²) in [5.74, 6) is 1.84. The second kappa shape index (κ2) is 4.36. The number of anilines is 1. The molecule has 0 N–H and O–H groups in total. The average molecular weight is 229 g/mol. The van der Waals surface area contributed by atoms with Crippen LogP contribution in [0.15, 0.2) is 18.2 Å². The fraction of sp³-hybridized carbons (Fsp3) is 0.625. The van der Waals surface area contributed by atoms with Crippen molar-refractivity contribution in [1.82, 2.24) is 0 Å². The highest BCUT2D eigenvalue weighted by atomic mass is 15.1. The minimum atomic E-state index is 0.881. The van der Waals surface area contributed by atoms with Gasteiger partial charge in [0, 0.05) is 19.8 Å². The Hall–Kier alpha value is -0.980. The van der Waals surface area contributed by atoms with E-state index in [1.165, 1.54) is 44.2 Å². The molecule has 0 unspecified atom stereocenters. The third kappa shape index (κ3) is 2.34. The molecule has 0 saturated heterocycles. The Labute approximate surface area is 105 Å². The first kappa shape index (κ1) is 11.1. The van der Waals surface area contributed by atoms with E-state index in [9.17, 15) is 0 Å². The molecular formula is C16H23N. The van der Waals surface area contributed by atoms with Gasteiger partial charge in [0.2, 0.25) is 0 Å². The summed E-state index contributed by atoms with van der Waals surface area (Å²) in [6, 6.07) is 7.17. The summed E-state index contributed by atoms with van der Waals surface area (Å²) in [4.78, 5) is 2.27. The van der Waals surface area contributed by atoms with Crippen LogP contribution in [0.4, 0.5) is 5.69 Å². The van der Waals surface area contributed by atoms with Gasteiger partial charge in [0.05, 0.1) is 0 Å². The standard InChI is InChI=1S/C16H23N/c1-17(2)16-9-8-14(13-6-7-13)11-15(16)10-12-4-3-5-12/h8-9,11-13H,3-7,10H2,1-2H3.